The molecule has 8 heteroatoms. The molecule has 0 saturated carbocycles. The van der Waals surface area contributed by atoms with Crippen LogP contribution in [0, 0.1) is 0 Å². The second-order valence-corrected chi connectivity index (χ2v) is 7.60. The average molecular weight is 408 g/mol. The van der Waals surface area contributed by atoms with Crippen molar-refractivity contribution in [1.82, 2.24) is 34.8 Å². The van der Waals surface area contributed by atoms with Gasteiger partial charge in [0.2, 0.25) is 0 Å². The van der Waals surface area contributed by atoms with Gasteiger partial charge in [-0.25, -0.2) is 9.97 Å². The molecule has 5 aromatic rings. The van der Waals surface area contributed by atoms with Gasteiger partial charge in [-0.1, -0.05) is 60.7 Å². The molecule has 6 rings (SSSR count). The zero-order chi connectivity index (χ0) is 20.6. The Labute approximate surface area is 178 Å². The van der Waals surface area contributed by atoms with E-state index in [9.17, 15) is 0 Å². The van der Waals surface area contributed by atoms with Gasteiger partial charge in [-0.15, -0.1) is 0 Å². The van der Waals surface area contributed by atoms with Gasteiger partial charge < -0.3 is 4.90 Å². The van der Waals surface area contributed by atoms with Crippen molar-refractivity contribution in [2.75, 3.05) is 11.4 Å². The molecule has 1 aliphatic rings. The summed E-state index contributed by atoms with van der Waals surface area (Å²) in [6, 6.07) is 22.4. The smallest absolute Gasteiger partial charge is 0.254 e. The van der Waals surface area contributed by atoms with Gasteiger partial charge in [0, 0.05) is 23.7 Å². The Balaban J connectivity index is 1.41. The van der Waals surface area contributed by atoms with E-state index >= 15 is 0 Å². The number of benzene rings is 2. The molecule has 8 nitrogen and oxygen atoms in total. The molecule has 0 amide bonds. The van der Waals surface area contributed by atoms with Gasteiger partial charge in [0.15, 0.2) is 5.82 Å². The number of anilines is 1. The molecule has 4 heterocycles. The second kappa shape index (κ2) is 7.32. The van der Waals surface area contributed by atoms with Crippen LogP contribution in [-0.4, -0.2) is 41.3 Å². The Kier molecular flexibility index (Phi) is 4.19. The predicted molar refractivity (Wildman–Crippen MR) is 117 cm³/mol. The number of nitrogens with zero attached hydrogens (tertiary/aromatic N) is 7. The van der Waals surface area contributed by atoms with Crippen LogP contribution in [0.2, 0.25) is 0 Å². The highest BCUT2D eigenvalue weighted by atomic mass is 15.4. The average Bonchev–Trinajstić information content (AvgIpc) is 3.59. The van der Waals surface area contributed by atoms with Crippen LogP contribution in [0.15, 0.2) is 73.1 Å². The van der Waals surface area contributed by atoms with Crippen molar-refractivity contribution in [2.45, 2.75) is 18.9 Å². The number of hydrogen-bond acceptors (Lipinski definition) is 6. The summed E-state index contributed by atoms with van der Waals surface area (Å²) in [7, 11) is 0. The lowest BCUT2D eigenvalue weighted by Crippen LogP contribution is -2.26. The molecule has 2 aromatic carbocycles. The minimum absolute atomic E-state index is 0.0865. The van der Waals surface area contributed by atoms with E-state index in [1.165, 1.54) is 0 Å². The first-order chi connectivity index (χ1) is 15.4. The highest BCUT2D eigenvalue weighted by Crippen LogP contribution is 2.36. The Hall–Kier alpha value is -4.07. The first-order valence-corrected chi connectivity index (χ1v) is 10.4. The highest BCUT2D eigenvalue weighted by Gasteiger charge is 2.31. The van der Waals surface area contributed by atoms with Crippen molar-refractivity contribution in [3.63, 3.8) is 0 Å². The van der Waals surface area contributed by atoms with E-state index in [1.54, 1.807) is 10.8 Å². The largest absolute Gasteiger partial charge is 0.346 e. The number of nitrogens with one attached hydrogen (secondary N) is 1. The Morgan fingerprint density at radius 1 is 0.903 bits per heavy atom. The third kappa shape index (κ3) is 3.13. The number of H-pyrrole nitrogens is 1. The third-order valence-electron chi connectivity index (χ3n) is 5.70. The molecule has 0 bridgehead atoms. The van der Waals surface area contributed by atoms with Gasteiger partial charge >= 0.3 is 0 Å². The fourth-order valence-electron chi connectivity index (χ4n) is 4.22. The van der Waals surface area contributed by atoms with Crippen molar-refractivity contribution in [3.05, 3.63) is 78.9 Å². The molecule has 31 heavy (non-hydrogen) atoms. The molecule has 0 unspecified atom stereocenters. The molecule has 1 N–H and O–H groups in total. The summed E-state index contributed by atoms with van der Waals surface area (Å²) in [6.07, 6.45) is 3.60. The number of aromatic amines is 1. The molecule has 1 aliphatic heterocycles. The first kappa shape index (κ1) is 17.8. The fourth-order valence-corrected chi connectivity index (χ4v) is 4.22. The van der Waals surface area contributed by atoms with Crippen LogP contribution in [-0.2, 0) is 0 Å². The molecule has 1 fully saturated rings. The summed E-state index contributed by atoms with van der Waals surface area (Å²) in [4.78, 5) is 16.2. The molecular weight excluding hydrogens is 388 g/mol. The Morgan fingerprint density at radius 3 is 2.48 bits per heavy atom. The molecule has 0 spiro atoms. The van der Waals surface area contributed by atoms with Gasteiger partial charge in [-0.2, -0.15) is 19.7 Å². The minimum atomic E-state index is 0.0865. The van der Waals surface area contributed by atoms with E-state index in [0.29, 0.717) is 11.6 Å². The van der Waals surface area contributed by atoms with Crippen LogP contribution >= 0.6 is 0 Å². The van der Waals surface area contributed by atoms with E-state index in [0.717, 1.165) is 47.8 Å². The maximum atomic E-state index is 4.82. The third-order valence-corrected chi connectivity index (χ3v) is 5.70. The molecule has 1 saturated heterocycles. The lowest BCUT2D eigenvalue weighted by Gasteiger charge is -2.25. The van der Waals surface area contributed by atoms with Crippen LogP contribution in [0.4, 0.5) is 5.82 Å². The molecule has 152 valence electrons. The maximum absolute atomic E-state index is 4.82. The van der Waals surface area contributed by atoms with Crippen LogP contribution in [0.3, 0.4) is 0 Å². The van der Waals surface area contributed by atoms with Gasteiger partial charge in [-0.05, 0) is 12.8 Å². The van der Waals surface area contributed by atoms with Crippen molar-refractivity contribution in [2.24, 2.45) is 0 Å². The molecular formula is C23H20N8. The lowest BCUT2D eigenvalue weighted by molar-refractivity contribution is 0.655. The quantitative estimate of drug-likeness (QED) is 0.485. The van der Waals surface area contributed by atoms with E-state index < -0.39 is 0 Å². The zero-order valence-corrected chi connectivity index (χ0v) is 16.8. The number of rotatable bonds is 4. The standard InChI is InChI=1S/C23H20N8/c1-3-8-16(9-4-1)18-14-20(31-23(26-18)24-15-25-31)30-13-7-12-19(30)22-27-21(28-29-22)17-10-5-2-6-11-17/h1-6,8-11,14-15,19H,7,12-13H2,(H,27,28,29)/t19-/m1/s1. The van der Waals surface area contributed by atoms with Gasteiger partial charge in [0.05, 0.1) is 11.7 Å². The second-order valence-electron chi connectivity index (χ2n) is 7.60. The highest BCUT2D eigenvalue weighted by molar-refractivity contribution is 5.66. The van der Waals surface area contributed by atoms with Gasteiger partial charge in [0.25, 0.3) is 5.78 Å². The normalized spacial score (nSPS) is 16.3. The first-order valence-electron chi connectivity index (χ1n) is 10.4. The molecule has 0 aliphatic carbocycles. The van der Waals surface area contributed by atoms with Crippen LogP contribution in [0.25, 0.3) is 28.4 Å². The van der Waals surface area contributed by atoms with Crippen LogP contribution in [0.1, 0.15) is 24.7 Å². The van der Waals surface area contributed by atoms with Crippen molar-refractivity contribution in [3.8, 4) is 22.6 Å². The number of fused-ring (bicyclic) bond motifs is 1. The predicted octanol–water partition coefficient (Wildman–Crippen LogP) is 3.92. The van der Waals surface area contributed by atoms with E-state index in [4.69, 9.17) is 9.97 Å². The summed E-state index contributed by atoms with van der Waals surface area (Å²) in [6.45, 7) is 0.902. The number of hydrogen-bond donors (Lipinski definition) is 1. The fraction of sp³-hybridized carbons (Fsp3) is 0.174. The van der Waals surface area contributed by atoms with E-state index in [-0.39, 0.29) is 6.04 Å². The van der Waals surface area contributed by atoms with Gasteiger partial charge in [-0.3, -0.25) is 5.10 Å². The summed E-state index contributed by atoms with van der Waals surface area (Å²) in [5.41, 5.74) is 2.93. The van der Waals surface area contributed by atoms with Crippen molar-refractivity contribution in [1.29, 1.82) is 0 Å². The van der Waals surface area contributed by atoms with Crippen LogP contribution in [0.5, 0.6) is 0 Å². The van der Waals surface area contributed by atoms with E-state index in [2.05, 4.69) is 43.4 Å². The summed E-state index contributed by atoms with van der Waals surface area (Å²) >= 11 is 0. The van der Waals surface area contributed by atoms with Crippen molar-refractivity contribution >= 4 is 11.6 Å². The lowest BCUT2D eigenvalue weighted by atomic mass is 10.1. The molecule has 0 radical (unpaired) electrons. The number of aromatic nitrogens is 7. The van der Waals surface area contributed by atoms with E-state index in [1.807, 2.05) is 48.5 Å². The maximum Gasteiger partial charge on any atom is 0.254 e. The molecule has 1 atom stereocenters. The summed E-state index contributed by atoms with van der Waals surface area (Å²) < 4.78 is 1.80. The molecule has 3 aromatic heterocycles. The topological polar surface area (TPSA) is 87.9 Å². The Morgan fingerprint density at radius 2 is 1.68 bits per heavy atom. The summed E-state index contributed by atoms with van der Waals surface area (Å²) in [5, 5.41) is 12.1. The van der Waals surface area contributed by atoms with Gasteiger partial charge in [0.1, 0.15) is 18.0 Å². The Bertz CT molecular complexity index is 1330. The SMILES string of the molecule is c1ccc(-c2cc(N3CCC[C@@H]3c3nc(-c4ccccc4)n[nH]3)n3ncnc3n2)cc1. The monoisotopic (exact) mass is 408 g/mol. The summed E-state index contributed by atoms with van der Waals surface area (Å²) in [5.74, 6) is 3.13. The zero-order valence-electron chi connectivity index (χ0n) is 16.8. The van der Waals surface area contributed by atoms with Crippen LogP contribution < -0.4 is 4.90 Å². The minimum Gasteiger partial charge on any atom is -0.346 e. The van der Waals surface area contributed by atoms with Crippen molar-refractivity contribution < 1.29 is 0 Å².